The van der Waals surface area contributed by atoms with Crippen molar-refractivity contribution in [1.82, 2.24) is 0 Å². The highest BCUT2D eigenvalue weighted by molar-refractivity contribution is 5.82. The number of esters is 1. The van der Waals surface area contributed by atoms with E-state index in [0.29, 0.717) is 6.61 Å². The lowest BCUT2D eigenvalue weighted by Gasteiger charge is -2.35. The first kappa shape index (κ1) is 13.6. The van der Waals surface area contributed by atoms with E-state index in [1.807, 2.05) is 12.2 Å². The molecule has 3 rings (SSSR count). The zero-order chi connectivity index (χ0) is 15.0. The molecule has 0 saturated carbocycles. The first-order chi connectivity index (χ1) is 10.1. The number of hydrogen-bond acceptors (Lipinski definition) is 5. The summed E-state index contributed by atoms with van der Waals surface area (Å²) >= 11 is 0. The highest BCUT2D eigenvalue weighted by Crippen LogP contribution is 2.45. The summed E-state index contributed by atoms with van der Waals surface area (Å²) in [7, 11) is 0. The molecule has 0 spiro atoms. The summed E-state index contributed by atoms with van der Waals surface area (Å²) < 4.78 is 5.13. The van der Waals surface area contributed by atoms with Crippen molar-refractivity contribution >= 4 is 17.3 Å². The highest BCUT2D eigenvalue weighted by atomic mass is 16.6. The normalized spacial score (nSPS) is 25.7. The number of carbonyl (C=O) groups is 1. The lowest BCUT2D eigenvalue weighted by atomic mass is 9.79. The van der Waals surface area contributed by atoms with E-state index in [2.05, 4.69) is 5.32 Å². The molecule has 1 aromatic carbocycles. The molecule has 1 N–H and O–H groups in total. The van der Waals surface area contributed by atoms with E-state index in [-0.39, 0.29) is 23.5 Å². The minimum absolute atomic E-state index is 0.0237. The lowest BCUT2D eigenvalue weighted by molar-refractivity contribution is -0.384. The molecular formula is C15H16N2O4. The van der Waals surface area contributed by atoms with Crippen molar-refractivity contribution in [3.8, 4) is 0 Å². The summed E-state index contributed by atoms with van der Waals surface area (Å²) in [5.41, 5.74) is 1.72. The van der Waals surface area contributed by atoms with E-state index in [0.717, 1.165) is 17.7 Å². The molecule has 0 aromatic heterocycles. The number of benzene rings is 1. The van der Waals surface area contributed by atoms with Gasteiger partial charge >= 0.3 is 5.97 Å². The number of carbonyl (C=O) groups excluding carboxylic acids is 1. The summed E-state index contributed by atoms with van der Waals surface area (Å²) in [4.78, 5) is 22.6. The summed E-state index contributed by atoms with van der Waals surface area (Å²) in [6, 6.07) is 4.31. The molecule has 0 saturated heterocycles. The van der Waals surface area contributed by atoms with Crippen LogP contribution < -0.4 is 5.32 Å². The topological polar surface area (TPSA) is 81.5 Å². The minimum atomic E-state index is -0.404. The molecule has 1 aromatic rings. The van der Waals surface area contributed by atoms with Crippen molar-refractivity contribution in [3.63, 3.8) is 0 Å². The number of nitro benzene ring substituents is 1. The van der Waals surface area contributed by atoms with Gasteiger partial charge in [-0.3, -0.25) is 10.1 Å². The number of nitro groups is 1. The molecule has 0 unspecified atom stereocenters. The van der Waals surface area contributed by atoms with Crippen LogP contribution in [0.3, 0.4) is 0 Å². The van der Waals surface area contributed by atoms with Gasteiger partial charge in [0.15, 0.2) is 0 Å². The first-order valence-electron chi connectivity index (χ1n) is 7.00. The average Bonchev–Trinajstić information content (AvgIpc) is 2.95. The lowest BCUT2D eigenvalue weighted by Crippen LogP contribution is -2.42. The Bertz CT molecular complexity index is 626. The minimum Gasteiger partial charge on any atom is -0.464 e. The van der Waals surface area contributed by atoms with E-state index >= 15 is 0 Å². The highest BCUT2D eigenvalue weighted by Gasteiger charge is 2.41. The zero-order valence-electron chi connectivity index (χ0n) is 11.6. The molecule has 21 heavy (non-hydrogen) atoms. The number of fused-ring (bicyclic) bond motifs is 3. The average molecular weight is 288 g/mol. The largest absolute Gasteiger partial charge is 0.464 e. The fourth-order valence-electron chi connectivity index (χ4n) is 3.16. The van der Waals surface area contributed by atoms with Crippen molar-refractivity contribution in [3.05, 3.63) is 46.0 Å². The predicted octanol–water partition coefficient (Wildman–Crippen LogP) is 2.61. The van der Waals surface area contributed by atoms with Crippen LogP contribution in [0.1, 0.15) is 24.8 Å². The Morgan fingerprint density at radius 2 is 2.33 bits per heavy atom. The smallest absolute Gasteiger partial charge is 0.328 e. The Hall–Kier alpha value is -2.37. The van der Waals surface area contributed by atoms with Crippen LogP contribution >= 0.6 is 0 Å². The van der Waals surface area contributed by atoms with Crippen LogP contribution in [0, 0.1) is 16.0 Å². The van der Waals surface area contributed by atoms with E-state index in [1.54, 1.807) is 19.1 Å². The number of anilines is 1. The van der Waals surface area contributed by atoms with E-state index in [4.69, 9.17) is 4.74 Å². The molecule has 1 aliphatic carbocycles. The van der Waals surface area contributed by atoms with Gasteiger partial charge in [0, 0.05) is 29.7 Å². The molecule has 1 aliphatic heterocycles. The number of non-ortho nitro benzene ring substituents is 1. The molecule has 2 aliphatic rings. The molecule has 6 heteroatoms. The Balaban J connectivity index is 1.98. The second kappa shape index (κ2) is 5.20. The SMILES string of the molecule is CCOC(=O)[C@@H]1Nc2ccc([N+](=O)[O-])cc2[C@@H]2C=CC[C@H]12. The summed E-state index contributed by atoms with van der Waals surface area (Å²) in [5, 5.41) is 14.1. The van der Waals surface area contributed by atoms with Crippen LogP contribution in [0.2, 0.25) is 0 Å². The van der Waals surface area contributed by atoms with Crippen LogP contribution in [0.25, 0.3) is 0 Å². The molecule has 1 heterocycles. The molecule has 6 nitrogen and oxygen atoms in total. The maximum atomic E-state index is 12.1. The number of rotatable bonds is 3. The standard InChI is InChI=1S/C15H16N2O4/c1-2-21-15(18)14-11-5-3-4-10(11)12-8-9(17(19)20)6-7-13(12)16-14/h3-4,6-8,10-11,14,16H,2,5H2,1H3/t10-,11+,14-/m1/s1. The number of nitrogens with one attached hydrogen (secondary N) is 1. The van der Waals surface area contributed by atoms with Gasteiger partial charge in [0.05, 0.1) is 11.5 Å². The molecular weight excluding hydrogens is 272 g/mol. The van der Waals surface area contributed by atoms with Gasteiger partial charge in [-0.2, -0.15) is 0 Å². The van der Waals surface area contributed by atoms with Crippen molar-refractivity contribution < 1.29 is 14.5 Å². The molecule has 3 atom stereocenters. The van der Waals surface area contributed by atoms with E-state index in [9.17, 15) is 14.9 Å². The maximum Gasteiger partial charge on any atom is 0.328 e. The fourth-order valence-corrected chi connectivity index (χ4v) is 3.16. The molecule has 0 radical (unpaired) electrons. The summed E-state index contributed by atoms with van der Waals surface area (Å²) in [6.45, 7) is 2.12. The third-order valence-electron chi connectivity index (χ3n) is 4.10. The Morgan fingerprint density at radius 3 is 3.05 bits per heavy atom. The van der Waals surface area contributed by atoms with E-state index in [1.165, 1.54) is 6.07 Å². The van der Waals surface area contributed by atoms with Gasteiger partial charge < -0.3 is 10.1 Å². The van der Waals surface area contributed by atoms with Crippen LogP contribution in [-0.2, 0) is 9.53 Å². The Labute approximate surface area is 121 Å². The quantitative estimate of drug-likeness (QED) is 0.400. The first-order valence-corrected chi connectivity index (χ1v) is 7.00. The van der Waals surface area contributed by atoms with Crippen molar-refractivity contribution in [2.24, 2.45) is 5.92 Å². The number of hydrogen-bond donors (Lipinski definition) is 1. The monoisotopic (exact) mass is 288 g/mol. The van der Waals surface area contributed by atoms with Crippen molar-refractivity contribution in [1.29, 1.82) is 0 Å². The second-order valence-corrected chi connectivity index (χ2v) is 5.26. The van der Waals surface area contributed by atoms with Crippen molar-refractivity contribution in [2.45, 2.75) is 25.3 Å². The number of nitrogens with zero attached hydrogens (tertiary/aromatic N) is 1. The van der Waals surface area contributed by atoms with Gasteiger partial charge in [-0.25, -0.2) is 4.79 Å². The van der Waals surface area contributed by atoms with Gasteiger partial charge in [0.2, 0.25) is 0 Å². The fraction of sp³-hybridized carbons (Fsp3) is 0.400. The maximum absolute atomic E-state index is 12.1. The third kappa shape index (κ3) is 2.26. The van der Waals surface area contributed by atoms with Gasteiger partial charge in [-0.05, 0) is 25.0 Å². The summed E-state index contributed by atoms with van der Waals surface area (Å²) in [6.07, 6.45) is 4.82. The van der Waals surface area contributed by atoms with E-state index < -0.39 is 11.0 Å². The van der Waals surface area contributed by atoms with Gasteiger partial charge in [-0.1, -0.05) is 12.2 Å². The molecule has 0 fully saturated rings. The molecule has 0 amide bonds. The van der Waals surface area contributed by atoms with Crippen LogP contribution in [0.5, 0.6) is 0 Å². The Morgan fingerprint density at radius 1 is 1.52 bits per heavy atom. The Kier molecular flexibility index (Phi) is 3.37. The predicted molar refractivity (Wildman–Crippen MR) is 77.1 cm³/mol. The number of allylic oxidation sites excluding steroid dienone is 2. The molecule has 0 bridgehead atoms. The van der Waals surface area contributed by atoms with Crippen LogP contribution in [-0.4, -0.2) is 23.5 Å². The van der Waals surface area contributed by atoms with Gasteiger partial charge in [0.1, 0.15) is 6.04 Å². The van der Waals surface area contributed by atoms with Gasteiger partial charge in [-0.15, -0.1) is 0 Å². The summed E-state index contributed by atoms with van der Waals surface area (Å²) in [5.74, 6) is -0.186. The van der Waals surface area contributed by atoms with Crippen LogP contribution in [0.4, 0.5) is 11.4 Å². The zero-order valence-corrected chi connectivity index (χ0v) is 11.6. The molecule has 110 valence electrons. The second-order valence-electron chi connectivity index (χ2n) is 5.26. The van der Waals surface area contributed by atoms with Crippen molar-refractivity contribution in [2.75, 3.05) is 11.9 Å². The third-order valence-corrected chi connectivity index (χ3v) is 4.10. The van der Waals surface area contributed by atoms with Crippen LogP contribution in [0.15, 0.2) is 30.4 Å². The van der Waals surface area contributed by atoms with Gasteiger partial charge in [0.25, 0.3) is 5.69 Å². The number of ether oxygens (including phenoxy) is 1.